The Labute approximate surface area is 115 Å². The number of amides is 1. The minimum Gasteiger partial charge on any atom is -0.379 e. The maximum Gasteiger partial charge on any atom is 0.240 e. The molecule has 108 valence electrons. The van der Waals surface area contributed by atoms with Crippen LogP contribution in [0.3, 0.4) is 0 Å². The van der Waals surface area contributed by atoms with Crippen LogP contribution in [0, 0.1) is 16.7 Å². The molecule has 1 fully saturated rings. The highest BCUT2D eigenvalue weighted by Crippen LogP contribution is 2.25. The highest BCUT2D eigenvalue weighted by atomic mass is 16.5. The molecule has 0 aliphatic carbocycles. The summed E-state index contributed by atoms with van der Waals surface area (Å²) >= 11 is 0. The summed E-state index contributed by atoms with van der Waals surface area (Å²) in [5, 5.41) is 12.1. The van der Waals surface area contributed by atoms with Crippen LogP contribution in [0.25, 0.3) is 0 Å². The first-order valence-electron chi connectivity index (χ1n) is 7.18. The van der Waals surface area contributed by atoms with Crippen LogP contribution >= 0.6 is 0 Å². The van der Waals surface area contributed by atoms with E-state index in [0.717, 1.165) is 39.3 Å². The molecular weight excluding hydrogens is 242 g/mol. The summed E-state index contributed by atoms with van der Waals surface area (Å²) < 4.78 is 5.29. The molecule has 0 aromatic carbocycles. The van der Waals surface area contributed by atoms with Gasteiger partial charge in [-0.05, 0) is 25.8 Å². The van der Waals surface area contributed by atoms with Crippen molar-refractivity contribution in [2.45, 2.75) is 33.1 Å². The Morgan fingerprint density at radius 1 is 1.37 bits per heavy atom. The minimum atomic E-state index is -0.848. The normalized spacial score (nSPS) is 16.9. The molecule has 0 bridgehead atoms. The summed E-state index contributed by atoms with van der Waals surface area (Å²) in [4.78, 5) is 14.4. The predicted molar refractivity (Wildman–Crippen MR) is 73.5 cm³/mol. The highest BCUT2D eigenvalue weighted by molar-refractivity contribution is 5.85. The smallest absolute Gasteiger partial charge is 0.240 e. The lowest BCUT2D eigenvalue weighted by Crippen LogP contribution is -2.41. The third-order valence-electron chi connectivity index (χ3n) is 3.90. The van der Waals surface area contributed by atoms with Crippen LogP contribution in [0.4, 0.5) is 0 Å². The SMILES string of the molecule is CCC(C#N)(CC)C(=O)NCCCN1CCOCC1. The van der Waals surface area contributed by atoms with E-state index in [1.165, 1.54) is 0 Å². The molecule has 1 aliphatic heterocycles. The number of hydrogen-bond acceptors (Lipinski definition) is 4. The van der Waals surface area contributed by atoms with Gasteiger partial charge in [0.05, 0.1) is 19.3 Å². The zero-order valence-corrected chi connectivity index (χ0v) is 12.1. The molecule has 5 heteroatoms. The van der Waals surface area contributed by atoms with Crippen molar-refractivity contribution in [3.05, 3.63) is 0 Å². The summed E-state index contributed by atoms with van der Waals surface area (Å²) in [6.07, 6.45) is 2.05. The van der Waals surface area contributed by atoms with Crippen molar-refractivity contribution >= 4 is 5.91 Å². The van der Waals surface area contributed by atoms with Crippen LogP contribution in [0.5, 0.6) is 0 Å². The summed E-state index contributed by atoms with van der Waals surface area (Å²) in [5.74, 6) is -0.123. The fraction of sp³-hybridized carbons (Fsp3) is 0.857. The number of rotatable bonds is 7. The summed E-state index contributed by atoms with van der Waals surface area (Å²) in [7, 11) is 0. The Bertz CT molecular complexity index is 315. The van der Waals surface area contributed by atoms with E-state index in [1.807, 2.05) is 13.8 Å². The Morgan fingerprint density at radius 3 is 2.53 bits per heavy atom. The number of nitriles is 1. The van der Waals surface area contributed by atoms with Crippen molar-refractivity contribution in [1.29, 1.82) is 5.26 Å². The molecule has 0 unspecified atom stereocenters. The quantitative estimate of drug-likeness (QED) is 0.703. The fourth-order valence-electron chi connectivity index (χ4n) is 2.28. The van der Waals surface area contributed by atoms with Gasteiger partial charge in [0.2, 0.25) is 5.91 Å². The van der Waals surface area contributed by atoms with Gasteiger partial charge in [-0.25, -0.2) is 0 Å². The lowest BCUT2D eigenvalue weighted by Gasteiger charge is -2.27. The molecule has 0 aromatic rings. The van der Waals surface area contributed by atoms with Crippen molar-refractivity contribution in [3.8, 4) is 6.07 Å². The third-order valence-corrected chi connectivity index (χ3v) is 3.90. The monoisotopic (exact) mass is 267 g/mol. The number of ether oxygens (including phenoxy) is 1. The molecule has 0 radical (unpaired) electrons. The Morgan fingerprint density at radius 2 is 2.00 bits per heavy atom. The van der Waals surface area contributed by atoms with Gasteiger partial charge in [-0.2, -0.15) is 5.26 Å². The molecule has 0 saturated carbocycles. The Kier molecular flexibility index (Phi) is 6.82. The number of carbonyl (C=O) groups is 1. The first kappa shape index (κ1) is 15.9. The van der Waals surface area contributed by atoms with Gasteiger partial charge in [-0.3, -0.25) is 9.69 Å². The van der Waals surface area contributed by atoms with E-state index in [4.69, 9.17) is 4.74 Å². The molecule has 1 heterocycles. The summed E-state index contributed by atoms with van der Waals surface area (Å²) in [6.45, 7) is 8.94. The zero-order chi connectivity index (χ0) is 14.1. The van der Waals surface area contributed by atoms with Crippen LogP contribution in [-0.2, 0) is 9.53 Å². The molecule has 5 nitrogen and oxygen atoms in total. The van der Waals surface area contributed by atoms with E-state index in [-0.39, 0.29) is 5.91 Å². The maximum atomic E-state index is 12.0. The second kappa shape index (κ2) is 8.13. The predicted octanol–water partition coefficient (Wildman–Crippen LogP) is 1.15. The molecule has 0 spiro atoms. The van der Waals surface area contributed by atoms with Gasteiger partial charge in [0, 0.05) is 19.6 Å². The highest BCUT2D eigenvalue weighted by Gasteiger charge is 2.34. The minimum absolute atomic E-state index is 0.123. The summed E-state index contributed by atoms with van der Waals surface area (Å²) in [6, 6.07) is 2.17. The van der Waals surface area contributed by atoms with Crippen molar-refractivity contribution in [1.82, 2.24) is 10.2 Å². The van der Waals surface area contributed by atoms with Crippen LogP contribution in [0.1, 0.15) is 33.1 Å². The van der Waals surface area contributed by atoms with Crippen molar-refractivity contribution in [3.63, 3.8) is 0 Å². The van der Waals surface area contributed by atoms with E-state index in [9.17, 15) is 10.1 Å². The van der Waals surface area contributed by atoms with Crippen LogP contribution in [-0.4, -0.2) is 50.2 Å². The van der Waals surface area contributed by atoms with Crippen molar-refractivity contribution in [2.24, 2.45) is 5.41 Å². The number of nitrogens with one attached hydrogen (secondary N) is 1. The number of hydrogen-bond donors (Lipinski definition) is 1. The van der Waals surface area contributed by atoms with E-state index in [1.54, 1.807) is 0 Å². The zero-order valence-electron chi connectivity index (χ0n) is 12.1. The van der Waals surface area contributed by atoms with Crippen molar-refractivity contribution < 1.29 is 9.53 Å². The third kappa shape index (κ3) is 4.48. The molecule has 0 aromatic heterocycles. The molecule has 1 N–H and O–H groups in total. The van der Waals surface area contributed by atoms with E-state index in [2.05, 4.69) is 16.3 Å². The topological polar surface area (TPSA) is 65.4 Å². The van der Waals surface area contributed by atoms with Gasteiger partial charge in [0.25, 0.3) is 0 Å². The number of carbonyl (C=O) groups excluding carboxylic acids is 1. The summed E-state index contributed by atoms with van der Waals surface area (Å²) in [5.41, 5.74) is -0.848. The van der Waals surface area contributed by atoms with Gasteiger partial charge < -0.3 is 10.1 Å². The molecule has 0 atom stereocenters. The second-order valence-electron chi connectivity index (χ2n) is 4.96. The molecular formula is C14H25N3O2. The number of morpholine rings is 1. The lowest BCUT2D eigenvalue weighted by molar-refractivity contribution is -0.128. The average Bonchev–Trinajstić information content (AvgIpc) is 2.47. The van der Waals surface area contributed by atoms with Crippen molar-refractivity contribution in [2.75, 3.05) is 39.4 Å². The first-order valence-corrected chi connectivity index (χ1v) is 7.18. The largest absolute Gasteiger partial charge is 0.379 e. The van der Waals surface area contributed by atoms with Crippen LogP contribution in [0.15, 0.2) is 0 Å². The van der Waals surface area contributed by atoms with E-state index < -0.39 is 5.41 Å². The Hall–Kier alpha value is -1.12. The maximum absolute atomic E-state index is 12.0. The second-order valence-corrected chi connectivity index (χ2v) is 4.96. The Balaban J connectivity index is 2.24. The fourth-order valence-corrected chi connectivity index (χ4v) is 2.28. The molecule has 1 amide bonds. The van der Waals surface area contributed by atoms with E-state index >= 15 is 0 Å². The van der Waals surface area contributed by atoms with Gasteiger partial charge in [-0.1, -0.05) is 13.8 Å². The molecule has 1 saturated heterocycles. The lowest BCUT2D eigenvalue weighted by atomic mass is 9.83. The van der Waals surface area contributed by atoms with E-state index in [0.29, 0.717) is 19.4 Å². The van der Waals surface area contributed by atoms with Crippen LogP contribution < -0.4 is 5.32 Å². The van der Waals surface area contributed by atoms with Gasteiger partial charge in [0.15, 0.2) is 0 Å². The van der Waals surface area contributed by atoms with Gasteiger partial charge in [0.1, 0.15) is 5.41 Å². The van der Waals surface area contributed by atoms with Crippen LogP contribution in [0.2, 0.25) is 0 Å². The van der Waals surface area contributed by atoms with Gasteiger partial charge >= 0.3 is 0 Å². The number of nitrogens with zero attached hydrogens (tertiary/aromatic N) is 2. The first-order chi connectivity index (χ1) is 9.18. The molecule has 1 aliphatic rings. The standard InChI is InChI=1S/C14H25N3O2/c1-3-14(4-2,12-15)13(18)16-6-5-7-17-8-10-19-11-9-17/h3-11H2,1-2H3,(H,16,18). The van der Waals surface area contributed by atoms with Gasteiger partial charge in [-0.15, -0.1) is 0 Å². The molecule has 1 rings (SSSR count). The average molecular weight is 267 g/mol. The molecule has 19 heavy (non-hydrogen) atoms.